The third-order valence-corrected chi connectivity index (χ3v) is 4.91. The number of thioether (sulfide) groups is 1. The molecule has 0 bridgehead atoms. The van der Waals surface area contributed by atoms with Crippen molar-refractivity contribution in [2.45, 2.75) is 45.7 Å². The first-order chi connectivity index (χ1) is 11.0. The first-order valence-corrected chi connectivity index (χ1v) is 9.24. The van der Waals surface area contributed by atoms with E-state index in [9.17, 15) is 9.59 Å². The van der Waals surface area contributed by atoms with Crippen LogP contribution in [0.25, 0.3) is 0 Å². The number of nitrogens with one attached hydrogen (secondary N) is 1. The highest BCUT2D eigenvalue weighted by Crippen LogP contribution is 2.23. The van der Waals surface area contributed by atoms with Crippen molar-refractivity contribution in [3.05, 3.63) is 30.1 Å². The summed E-state index contributed by atoms with van der Waals surface area (Å²) in [6, 6.07) is 4.96. The predicted octanol–water partition coefficient (Wildman–Crippen LogP) is 2.54. The van der Waals surface area contributed by atoms with Gasteiger partial charge in [-0.05, 0) is 37.8 Å². The van der Waals surface area contributed by atoms with Gasteiger partial charge in [-0.2, -0.15) is 0 Å². The Kier molecular flexibility index (Phi) is 6.45. The number of amides is 2. The van der Waals surface area contributed by atoms with Gasteiger partial charge >= 0.3 is 0 Å². The fourth-order valence-corrected chi connectivity index (χ4v) is 3.64. The van der Waals surface area contributed by atoms with E-state index in [0.717, 1.165) is 12.8 Å². The zero-order valence-electron chi connectivity index (χ0n) is 14.0. The van der Waals surface area contributed by atoms with Crippen molar-refractivity contribution in [2.24, 2.45) is 5.92 Å². The molecule has 1 aromatic heterocycles. The van der Waals surface area contributed by atoms with Crippen LogP contribution in [0.4, 0.5) is 0 Å². The molecule has 2 atom stereocenters. The van der Waals surface area contributed by atoms with Gasteiger partial charge in [0, 0.05) is 18.0 Å². The molecule has 1 aliphatic rings. The van der Waals surface area contributed by atoms with Gasteiger partial charge in [0.05, 0.1) is 5.88 Å². The molecule has 1 N–H and O–H groups in total. The third-order valence-electron chi connectivity index (χ3n) is 3.90. The molecule has 0 aliphatic carbocycles. The Morgan fingerprint density at radius 2 is 2.13 bits per heavy atom. The molecule has 126 valence electrons. The number of hydrogen-bond donors (Lipinski definition) is 1. The number of carbonyl (C=O) groups excluding carboxylic acids is 2. The normalized spacial score (nSPS) is 19.0. The summed E-state index contributed by atoms with van der Waals surface area (Å²) in [5.41, 5.74) is 0.389. The Morgan fingerprint density at radius 1 is 1.35 bits per heavy atom. The van der Waals surface area contributed by atoms with E-state index in [2.05, 4.69) is 24.1 Å². The van der Waals surface area contributed by atoms with Crippen LogP contribution in [0.15, 0.2) is 24.4 Å². The summed E-state index contributed by atoms with van der Waals surface area (Å²) in [5.74, 6) is 1.56. The Hall–Kier alpha value is -1.56. The summed E-state index contributed by atoms with van der Waals surface area (Å²) >= 11 is 1.60. The summed E-state index contributed by atoms with van der Waals surface area (Å²) in [5, 5.41) is 3.05. The number of rotatable bonds is 6. The van der Waals surface area contributed by atoms with Crippen LogP contribution in [0.2, 0.25) is 0 Å². The molecule has 1 aromatic rings. The van der Waals surface area contributed by atoms with Crippen molar-refractivity contribution in [3.8, 4) is 0 Å². The SMILES string of the molecule is CC(C)CC[C@H](C)NC(=O)[C@H]1CSCN1C(=O)c1ccccn1. The minimum absolute atomic E-state index is 0.0597. The second kappa shape index (κ2) is 8.34. The number of carbonyl (C=O) groups is 2. The molecular formula is C17H25N3O2S. The van der Waals surface area contributed by atoms with Crippen LogP contribution >= 0.6 is 11.8 Å². The summed E-state index contributed by atoms with van der Waals surface area (Å²) in [6.45, 7) is 6.37. The molecule has 1 fully saturated rings. The van der Waals surface area contributed by atoms with Crippen molar-refractivity contribution in [3.63, 3.8) is 0 Å². The predicted molar refractivity (Wildman–Crippen MR) is 93.2 cm³/mol. The summed E-state index contributed by atoms with van der Waals surface area (Å²) in [6.07, 6.45) is 3.63. The van der Waals surface area contributed by atoms with Gasteiger partial charge in [-0.3, -0.25) is 14.6 Å². The first-order valence-electron chi connectivity index (χ1n) is 8.09. The van der Waals surface area contributed by atoms with Gasteiger partial charge in [-0.25, -0.2) is 0 Å². The molecule has 23 heavy (non-hydrogen) atoms. The summed E-state index contributed by atoms with van der Waals surface area (Å²) in [7, 11) is 0. The largest absolute Gasteiger partial charge is 0.352 e. The van der Waals surface area contributed by atoms with Crippen molar-refractivity contribution in [2.75, 3.05) is 11.6 Å². The number of pyridine rings is 1. The number of hydrogen-bond acceptors (Lipinski definition) is 4. The van der Waals surface area contributed by atoms with E-state index in [1.54, 1.807) is 41.1 Å². The Morgan fingerprint density at radius 3 is 2.78 bits per heavy atom. The van der Waals surface area contributed by atoms with Crippen LogP contribution in [0.5, 0.6) is 0 Å². The van der Waals surface area contributed by atoms with Crippen LogP contribution in [0, 0.1) is 5.92 Å². The molecule has 0 saturated carbocycles. The van der Waals surface area contributed by atoms with Gasteiger partial charge in [0.2, 0.25) is 5.91 Å². The molecule has 5 nitrogen and oxygen atoms in total. The average molecular weight is 335 g/mol. The molecule has 2 rings (SSSR count). The maximum absolute atomic E-state index is 12.5. The lowest BCUT2D eigenvalue weighted by Crippen LogP contribution is -2.49. The van der Waals surface area contributed by atoms with Crippen molar-refractivity contribution in [1.82, 2.24) is 15.2 Å². The fourth-order valence-electron chi connectivity index (χ4n) is 2.49. The van der Waals surface area contributed by atoms with E-state index < -0.39 is 6.04 Å². The van der Waals surface area contributed by atoms with Crippen molar-refractivity contribution >= 4 is 23.6 Å². The van der Waals surface area contributed by atoms with Gasteiger partial charge in [-0.15, -0.1) is 11.8 Å². The lowest BCUT2D eigenvalue weighted by Gasteiger charge is -2.24. The topological polar surface area (TPSA) is 62.3 Å². The van der Waals surface area contributed by atoms with Gasteiger partial charge in [0.15, 0.2) is 0 Å². The quantitative estimate of drug-likeness (QED) is 0.868. The smallest absolute Gasteiger partial charge is 0.273 e. The molecule has 2 heterocycles. The molecule has 6 heteroatoms. The van der Waals surface area contributed by atoms with Gasteiger partial charge in [-0.1, -0.05) is 19.9 Å². The Bertz CT molecular complexity index is 536. The van der Waals surface area contributed by atoms with Crippen molar-refractivity contribution < 1.29 is 9.59 Å². The summed E-state index contributed by atoms with van der Waals surface area (Å²) in [4.78, 5) is 30.8. The lowest BCUT2D eigenvalue weighted by molar-refractivity contribution is -0.125. The molecule has 0 radical (unpaired) electrons. The van der Waals surface area contributed by atoms with Gasteiger partial charge < -0.3 is 10.2 Å². The number of aromatic nitrogens is 1. The van der Waals surface area contributed by atoms with E-state index in [1.165, 1.54) is 0 Å². The zero-order chi connectivity index (χ0) is 16.8. The minimum atomic E-state index is -0.406. The van der Waals surface area contributed by atoms with E-state index in [1.807, 2.05) is 6.92 Å². The van der Waals surface area contributed by atoms with Crippen LogP contribution in [-0.2, 0) is 4.79 Å². The van der Waals surface area contributed by atoms with E-state index in [4.69, 9.17) is 0 Å². The van der Waals surface area contributed by atoms with Crippen molar-refractivity contribution in [1.29, 1.82) is 0 Å². The van der Waals surface area contributed by atoms with E-state index >= 15 is 0 Å². The van der Waals surface area contributed by atoms with Gasteiger partial charge in [0.1, 0.15) is 11.7 Å². The second-order valence-corrected chi connectivity index (χ2v) is 7.39. The first kappa shape index (κ1) is 17.8. The highest BCUT2D eigenvalue weighted by atomic mass is 32.2. The molecule has 1 saturated heterocycles. The Balaban J connectivity index is 1.95. The van der Waals surface area contributed by atoms with Crippen LogP contribution in [-0.4, -0.2) is 45.4 Å². The summed E-state index contributed by atoms with van der Waals surface area (Å²) < 4.78 is 0. The molecule has 0 spiro atoms. The molecule has 0 aromatic carbocycles. The standard InChI is InChI=1S/C17H25N3O2S/c1-12(2)7-8-13(3)19-16(21)15-10-23-11-20(15)17(22)14-6-4-5-9-18-14/h4-6,9,12-13,15H,7-8,10-11H2,1-3H3,(H,19,21)/t13-,15+/m0/s1. The van der Waals surface area contributed by atoms with Gasteiger partial charge in [0.25, 0.3) is 5.91 Å². The third kappa shape index (κ3) is 4.96. The molecule has 2 amide bonds. The fraction of sp³-hybridized carbons (Fsp3) is 0.588. The van der Waals surface area contributed by atoms with E-state index in [-0.39, 0.29) is 17.9 Å². The van der Waals surface area contributed by atoms with Crippen LogP contribution in [0.3, 0.4) is 0 Å². The molecular weight excluding hydrogens is 310 g/mol. The highest BCUT2D eigenvalue weighted by molar-refractivity contribution is 7.99. The second-order valence-electron chi connectivity index (χ2n) is 6.39. The van der Waals surface area contributed by atoms with E-state index in [0.29, 0.717) is 23.2 Å². The average Bonchev–Trinajstić information content (AvgIpc) is 3.02. The maximum atomic E-state index is 12.5. The maximum Gasteiger partial charge on any atom is 0.273 e. The Labute approximate surface area is 142 Å². The zero-order valence-corrected chi connectivity index (χ0v) is 14.8. The monoisotopic (exact) mass is 335 g/mol. The van der Waals surface area contributed by atoms with Crippen LogP contribution < -0.4 is 5.32 Å². The lowest BCUT2D eigenvalue weighted by atomic mass is 10.0. The van der Waals surface area contributed by atoms with Crippen LogP contribution in [0.1, 0.15) is 44.1 Å². The highest BCUT2D eigenvalue weighted by Gasteiger charge is 2.35. The number of nitrogens with zero attached hydrogens (tertiary/aromatic N) is 2. The molecule has 0 unspecified atom stereocenters. The molecule has 1 aliphatic heterocycles. The minimum Gasteiger partial charge on any atom is -0.352 e.